The van der Waals surface area contributed by atoms with Crippen molar-refractivity contribution in [2.24, 2.45) is 5.73 Å². The number of H-pyrrole nitrogens is 1. The molecule has 0 bridgehead atoms. The number of likely N-dealkylation sites (tertiary alicyclic amines) is 1. The number of amides is 2. The molecule has 1 fully saturated rings. The highest BCUT2D eigenvalue weighted by molar-refractivity contribution is 5.97. The summed E-state index contributed by atoms with van der Waals surface area (Å²) in [5.41, 5.74) is 6.98. The molecule has 3 N–H and O–H groups in total. The van der Waals surface area contributed by atoms with Crippen LogP contribution in [0.15, 0.2) is 30.3 Å². The van der Waals surface area contributed by atoms with Gasteiger partial charge in [-0.1, -0.05) is 12.1 Å². The predicted molar refractivity (Wildman–Crippen MR) is 92.6 cm³/mol. The number of benzene rings is 1. The van der Waals surface area contributed by atoms with Crippen LogP contribution in [-0.2, 0) is 0 Å². The number of rotatable bonds is 5. The Kier molecular flexibility index (Phi) is 5.02. The smallest absolute Gasteiger partial charge is 0.269 e. The zero-order valence-electron chi connectivity index (χ0n) is 14.2. The van der Waals surface area contributed by atoms with Gasteiger partial charge in [0.05, 0.1) is 12.2 Å². The fourth-order valence-electron chi connectivity index (χ4n) is 3.16. The first kappa shape index (κ1) is 17.0. The van der Waals surface area contributed by atoms with Crippen molar-refractivity contribution < 1.29 is 14.3 Å². The van der Waals surface area contributed by atoms with E-state index in [1.807, 2.05) is 30.0 Å². The van der Waals surface area contributed by atoms with Crippen molar-refractivity contribution in [2.45, 2.75) is 25.7 Å². The first-order valence-corrected chi connectivity index (χ1v) is 8.46. The third kappa shape index (κ3) is 3.65. The van der Waals surface area contributed by atoms with Gasteiger partial charge in [0.2, 0.25) is 0 Å². The van der Waals surface area contributed by atoms with Crippen LogP contribution in [0.2, 0.25) is 0 Å². The number of piperidine rings is 1. The van der Waals surface area contributed by atoms with Gasteiger partial charge in [0, 0.05) is 24.7 Å². The molecular formula is C18H22N4O3. The molecule has 2 amide bonds. The number of hydrogen-bond acceptors (Lipinski definition) is 4. The molecule has 0 spiro atoms. The lowest BCUT2D eigenvalue weighted by Gasteiger charge is -2.31. The van der Waals surface area contributed by atoms with Gasteiger partial charge in [0.25, 0.3) is 11.8 Å². The van der Waals surface area contributed by atoms with Crippen LogP contribution in [-0.4, -0.2) is 46.6 Å². The second-order valence-electron chi connectivity index (χ2n) is 6.07. The van der Waals surface area contributed by atoms with Gasteiger partial charge in [-0.05, 0) is 38.0 Å². The van der Waals surface area contributed by atoms with E-state index >= 15 is 0 Å². The number of hydrogen-bond donors (Lipinski definition) is 2. The lowest BCUT2D eigenvalue weighted by atomic mass is 9.93. The zero-order valence-corrected chi connectivity index (χ0v) is 14.2. The SMILES string of the molecule is CCOc1ccccc1C(=O)N1CCC(c2cc(C(N)=O)n[nH]2)CC1. The van der Waals surface area contributed by atoms with Crippen molar-refractivity contribution in [3.05, 3.63) is 47.3 Å². The topological polar surface area (TPSA) is 101 Å². The van der Waals surface area contributed by atoms with Crippen molar-refractivity contribution in [1.82, 2.24) is 15.1 Å². The number of carbonyl (C=O) groups is 2. The molecule has 1 aliphatic heterocycles. The van der Waals surface area contributed by atoms with Gasteiger partial charge in [-0.15, -0.1) is 0 Å². The average Bonchev–Trinajstić information content (AvgIpc) is 3.12. The molecule has 0 radical (unpaired) electrons. The molecule has 1 saturated heterocycles. The summed E-state index contributed by atoms with van der Waals surface area (Å²) < 4.78 is 5.56. The molecule has 7 nitrogen and oxygen atoms in total. The number of nitrogens with zero attached hydrogens (tertiary/aromatic N) is 2. The van der Waals surface area contributed by atoms with Crippen molar-refractivity contribution in [2.75, 3.05) is 19.7 Å². The molecule has 1 aromatic carbocycles. The van der Waals surface area contributed by atoms with E-state index in [9.17, 15) is 9.59 Å². The quantitative estimate of drug-likeness (QED) is 0.867. The first-order chi connectivity index (χ1) is 12.1. The van der Waals surface area contributed by atoms with Crippen LogP contribution in [0.5, 0.6) is 5.75 Å². The Labute approximate surface area is 146 Å². The third-order valence-electron chi connectivity index (χ3n) is 4.49. The monoisotopic (exact) mass is 342 g/mol. The second-order valence-corrected chi connectivity index (χ2v) is 6.07. The van der Waals surface area contributed by atoms with Crippen molar-refractivity contribution in [3.63, 3.8) is 0 Å². The van der Waals surface area contributed by atoms with Crippen molar-refractivity contribution >= 4 is 11.8 Å². The molecule has 3 rings (SSSR count). The molecule has 132 valence electrons. The Morgan fingerprint density at radius 2 is 2.04 bits per heavy atom. The van der Waals surface area contributed by atoms with Gasteiger partial charge in [-0.2, -0.15) is 5.10 Å². The molecule has 7 heteroatoms. The van der Waals surface area contributed by atoms with Crippen LogP contribution in [0.4, 0.5) is 0 Å². The van der Waals surface area contributed by atoms with Gasteiger partial charge in [0.15, 0.2) is 0 Å². The Balaban J connectivity index is 1.65. The summed E-state index contributed by atoms with van der Waals surface area (Å²) in [5.74, 6) is 0.316. The minimum Gasteiger partial charge on any atom is -0.493 e. The molecule has 1 aromatic heterocycles. The summed E-state index contributed by atoms with van der Waals surface area (Å²) >= 11 is 0. The van der Waals surface area contributed by atoms with Crippen LogP contribution < -0.4 is 10.5 Å². The lowest BCUT2D eigenvalue weighted by Crippen LogP contribution is -2.38. The number of primary amides is 1. The summed E-state index contributed by atoms with van der Waals surface area (Å²) in [7, 11) is 0. The van der Waals surface area contributed by atoms with E-state index in [0.717, 1.165) is 18.5 Å². The summed E-state index contributed by atoms with van der Waals surface area (Å²) in [4.78, 5) is 25.8. The van der Waals surface area contributed by atoms with Crippen LogP contribution in [0.3, 0.4) is 0 Å². The van der Waals surface area contributed by atoms with Crippen LogP contribution in [0.25, 0.3) is 0 Å². The number of aromatic nitrogens is 2. The van der Waals surface area contributed by atoms with Crippen LogP contribution >= 0.6 is 0 Å². The molecule has 25 heavy (non-hydrogen) atoms. The zero-order chi connectivity index (χ0) is 17.8. The number of nitrogens with two attached hydrogens (primary N) is 1. The van der Waals surface area contributed by atoms with E-state index in [2.05, 4.69) is 10.2 Å². The molecule has 0 saturated carbocycles. The predicted octanol–water partition coefficient (Wildman–Crippen LogP) is 1.93. The molecule has 2 aromatic rings. The summed E-state index contributed by atoms with van der Waals surface area (Å²) in [6.45, 7) is 3.72. The normalized spacial score (nSPS) is 15.2. The van der Waals surface area contributed by atoms with Crippen molar-refractivity contribution in [1.29, 1.82) is 0 Å². The highest BCUT2D eigenvalue weighted by Gasteiger charge is 2.27. The third-order valence-corrected chi connectivity index (χ3v) is 4.49. The van der Waals surface area contributed by atoms with E-state index in [1.54, 1.807) is 12.1 Å². The standard InChI is InChI=1S/C18H22N4O3/c1-2-25-16-6-4-3-5-13(16)18(24)22-9-7-12(8-10-22)14-11-15(17(19)23)21-20-14/h3-6,11-12H,2,7-10H2,1H3,(H2,19,23)(H,20,21). The lowest BCUT2D eigenvalue weighted by molar-refractivity contribution is 0.0708. The summed E-state index contributed by atoms with van der Waals surface area (Å²) in [5, 5.41) is 6.81. The number of nitrogens with one attached hydrogen (secondary N) is 1. The molecule has 0 unspecified atom stereocenters. The second kappa shape index (κ2) is 7.38. The van der Waals surface area contributed by atoms with E-state index < -0.39 is 5.91 Å². The van der Waals surface area contributed by atoms with E-state index in [-0.39, 0.29) is 17.5 Å². The van der Waals surface area contributed by atoms with Gasteiger partial charge in [-0.25, -0.2) is 0 Å². The van der Waals surface area contributed by atoms with Gasteiger partial charge in [-0.3, -0.25) is 14.7 Å². The molecule has 0 aliphatic carbocycles. The Hall–Kier alpha value is -2.83. The summed E-state index contributed by atoms with van der Waals surface area (Å²) in [6, 6.07) is 9.03. The Morgan fingerprint density at radius 1 is 1.32 bits per heavy atom. The van der Waals surface area contributed by atoms with E-state index in [1.165, 1.54) is 0 Å². The molecule has 1 aliphatic rings. The summed E-state index contributed by atoms with van der Waals surface area (Å²) in [6.07, 6.45) is 1.62. The fourth-order valence-corrected chi connectivity index (χ4v) is 3.16. The average molecular weight is 342 g/mol. The first-order valence-electron chi connectivity index (χ1n) is 8.46. The molecular weight excluding hydrogens is 320 g/mol. The highest BCUT2D eigenvalue weighted by atomic mass is 16.5. The minimum atomic E-state index is -0.539. The van der Waals surface area contributed by atoms with Gasteiger partial charge in [0.1, 0.15) is 11.4 Å². The Bertz CT molecular complexity index is 763. The highest BCUT2D eigenvalue weighted by Crippen LogP contribution is 2.29. The number of para-hydroxylation sites is 1. The maximum Gasteiger partial charge on any atom is 0.269 e. The van der Waals surface area contributed by atoms with E-state index in [0.29, 0.717) is 31.0 Å². The molecule has 2 heterocycles. The fraction of sp³-hybridized carbons (Fsp3) is 0.389. The largest absolute Gasteiger partial charge is 0.493 e. The number of ether oxygens (including phenoxy) is 1. The minimum absolute atomic E-state index is 0.00932. The van der Waals surface area contributed by atoms with Crippen LogP contribution in [0.1, 0.15) is 52.2 Å². The van der Waals surface area contributed by atoms with Gasteiger partial charge >= 0.3 is 0 Å². The van der Waals surface area contributed by atoms with Crippen LogP contribution in [0, 0.1) is 0 Å². The van der Waals surface area contributed by atoms with Gasteiger partial charge < -0.3 is 15.4 Å². The maximum atomic E-state index is 12.8. The number of carbonyl (C=O) groups excluding carboxylic acids is 2. The Morgan fingerprint density at radius 3 is 2.68 bits per heavy atom. The van der Waals surface area contributed by atoms with E-state index in [4.69, 9.17) is 10.5 Å². The number of aromatic amines is 1. The molecule has 0 atom stereocenters. The van der Waals surface area contributed by atoms with Crippen molar-refractivity contribution in [3.8, 4) is 5.75 Å². The maximum absolute atomic E-state index is 12.8.